The van der Waals surface area contributed by atoms with Gasteiger partial charge in [-0.05, 0) is 38.3 Å². The number of carbonyl (C=O) groups is 1. The van der Waals surface area contributed by atoms with Crippen LogP contribution in [0.1, 0.15) is 29.9 Å². The number of anilines is 1. The maximum Gasteiger partial charge on any atom is 0.312 e. The average Bonchev–Trinajstić information content (AvgIpc) is 3.05. The van der Waals surface area contributed by atoms with E-state index in [0.29, 0.717) is 30.8 Å². The number of benzene rings is 1. The van der Waals surface area contributed by atoms with Gasteiger partial charge in [0.15, 0.2) is 0 Å². The van der Waals surface area contributed by atoms with E-state index in [4.69, 9.17) is 10.2 Å². The zero-order valence-corrected chi connectivity index (χ0v) is 16.1. The van der Waals surface area contributed by atoms with Crippen LogP contribution in [0.5, 0.6) is 0 Å². The first kappa shape index (κ1) is 19.3. The first-order valence-electron chi connectivity index (χ1n) is 8.70. The second-order valence-corrected chi connectivity index (χ2v) is 8.61. The summed E-state index contributed by atoms with van der Waals surface area (Å²) in [7, 11) is -3.56. The van der Waals surface area contributed by atoms with Gasteiger partial charge in [0.25, 0.3) is 0 Å². The number of aryl methyl sites for hydroxylation is 2. The highest BCUT2D eigenvalue weighted by Crippen LogP contribution is 2.26. The van der Waals surface area contributed by atoms with Crippen molar-refractivity contribution < 1.29 is 17.6 Å². The van der Waals surface area contributed by atoms with Gasteiger partial charge in [0.2, 0.25) is 21.8 Å². The Morgan fingerprint density at radius 3 is 2.59 bits per heavy atom. The van der Waals surface area contributed by atoms with E-state index in [9.17, 15) is 13.2 Å². The molecule has 1 aliphatic rings. The lowest BCUT2D eigenvalue weighted by atomic mass is 9.97. The summed E-state index contributed by atoms with van der Waals surface area (Å²) in [5, 5.41) is 9.93. The monoisotopic (exact) mass is 393 g/mol. The number of rotatable bonds is 5. The first-order valence-corrected chi connectivity index (χ1v) is 10.1. The molecule has 10 heteroatoms. The smallest absolute Gasteiger partial charge is 0.312 e. The summed E-state index contributed by atoms with van der Waals surface area (Å²) in [6.07, 6.45) is 0.921. The van der Waals surface area contributed by atoms with Crippen molar-refractivity contribution in [1.29, 1.82) is 0 Å². The molecule has 1 aliphatic heterocycles. The number of nitrogen functional groups attached to an aromatic ring is 1. The van der Waals surface area contributed by atoms with Gasteiger partial charge in [0, 0.05) is 19.0 Å². The molecule has 1 fully saturated rings. The third-order valence-corrected chi connectivity index (χ3v) is 6.73. The minimum atomic E-state index is -3.56. The van der Waals surface area contributed by atoms with E-state index < -0.39 is 10.0 Å². The van der Waals surface area contributed by atoms with E-state index in [1.165, 1.54) is 4.31 Å². The molecule has 3 N–H and O–H groups in total. The second-order valence-electron chi connectivity index (χ2n) is 6.70. The molecule has 0 spiro atoms. The summed E-state index contributed by atoms with van der Waals surface area (Å²) in [5.41, 5.74) is 7.08. The Morgan fingerprint density at radius 2 is 2.00 bits per heavy atom. The maximum absolute atomic E-state index is 12.9. The maximum atomic E-state index is 12.9. The molecule has 0 atom stereocenters. The highest BCUT2D eigenvalue weighted by molar-refractivity contribution is 7.89. The van der Waals surface area contributed by atoms with Gasteiger partial charge < -0.3 is 15.5 Å². The van der Waals surface area contributed by atoms with Crippen molar-refractivity contribution in [1.82, 2.24) is 19.8 Å². The number of nitrogens with two attached hydrogens (primary N) is 1. The molecule has 1 saturated heterocycles. The molecular weight excluding hydrogens is 370 g/mol. The third-order valence-electron chi connectivity index (χ3n) is 4.67. The Hall–Kier alpha value is -2.46. The molecule has 9 nitrogen and oxygen atoms in total. The van der Waals surface area contributed by atoms with Gasteiger partial charge in [0.05, 0.1) is 11.4 Å². The molecule has 1 aromatic carbocycles. The number of aromatic nitrogens is 2. The molecule has 0 unspecified atom stereocenters. The van der Waals surface area contributed by atoms with Crippen LogP contribution in [-0.4, -0.2) is 41.9 Å². The van der Waals surface area contributed by atoms with Gasteiger partial charge in [-0.25, -0.2) is 8.42 Å². The summed E-state index contributed by atoms with van der Waals surface area (Å²) in [5.74, 6) is -0.179. The molecule has 3 rings (SSSR count). The first-order chi connectivity index (χ1) is 12.8. The number of sulfonamides is 1. The summed E-state index contributed by atoms with van der Waals surface area (Å²) in [6.45, 7) is 4.44. The van der Waals surface area contributed by atoms with Crippen LogP contribution < -0.4 is 11.1 Å². The fraction of sp³-hybridized carbons (Fsp3) is 0.471. The topological polar surface area (TPSA) is 131 Å². The van der Waals surface area contributed by atoms with Gasteiger partial charge in [-0.3, -0.25) is 4.79 Å². The zero-order valence-electron chi connectivity index (χ0n) is 15.3. The minimum Gasteiger partial charge on any atom is -0.406 e. The third kappa shape index (κ3) is 4.28. The lowest BCUT2D eigenvalue weighted by Crippen LogP contribution is -2.43. The van der Waals surface area contributed by atoms with E-state index in [1.54, 1.807) is 19.1 Å². The number of carbonyl (C=O) groups excluding carboxylic acids is 1. The summed E-state index contributed by atoms with van der Waals surface area (Å²) < 4.78 is 32.2. The van der Waals surface area contributed by atoms with E-state index in [1.807, 2.05) is 13.0 Å². The minimum absolute atomic E-state index is 0.0517. The van der Waals surface area contributed by atoms with Gasteiger partial charge in [0.1, 0.15) is 0 Å². The zero-order chi connectivity index (χ0) is 19.6. The summed E-state index contributed by atoms with van der Waals surface area (Å²) in [6, 6.07) is 5.25. The largest absolute Gasteiger partial charge is 0.406 e. The van der Waals surface area contributed by atoms with Gasteiger partial charge >= 0.3 is 6.01 Å². The molecule has 0 saturated carbocycles. The van der Waals surface area contributed by atoms with E-state index in [-0.39, 0.29) is 30.3 Å². The van der Waals surface area contributed by atoms with Crippen molar-refractivity contribution in [2.24, 2.45) is 5.92 Å². The van der Waals surface area contributed by atoms with Crippen LogP contribution in [0.25, 0.3) is 0 Å². The predicted molar refractivity (Wildman–Crippen MR) is 98.0 cm³/mol. The van der Waals surface area contributed by atoms with Crippen LogP contribution in [0, 0.1) is 19.8 Å². The number of nitrogens with one attached hydrogen (secondary N) is 1. The van der Waals surface area contributed by atoms with Gasteiger partial charge in [-0.15, -0.1) is 5.10 Å². The van der Waals surface area contributed by atoms with Crippen LogP contribution in [-0.2, 0) is 21.4 Å². The molecule has 0 bridgehead atoms. The van der Waals surface area contributed by atoms with Crippen LogP contribution in [0.2, 0.25) is 0 Å². The molecule has 146 valence electrons. The molecule has 0 radical (unpaired) electrons. The number of hydrogen-bond acceptors (Lipinski definition) is 7. The van der Waals surface area contributed by atoms with Crippen molar-refractivity contribution in [2.45, 2.75) is 38.1 Å². The number of amides is 1. The van der Waals surface area contributed by atoms with Crippen molar-refractivity contribution in [3.63, 3.8) is 0 Å². The highest BCUT2D eigenvalue weighted by Gasteiger charge is 2.32. The van der Waals surface area contributed by atoms with Gasteiger partial charge in [-0.1, -0.05) is 22.8 Å². The predicted octanol–water partition coefficient (Wildman–Crippen LogP) is 0.986. The standard InChI is InChI=1S/C17H23N5O4S/c1-11-3-4-14(12(2)9-11)27(24,25)22-7-5-13(6-8-22)16(23)19-10-15-20-21-17(18)26-15/h3-4,9,13H,5-8,10H2,1-2H3,(H2,18,21)(H,19,23). The van der Waals surface area contributed by atoms with E-state index >= 15 is 0 Å². The Balaban J connectivity index is 1.58. The average molecular weight is 393 g/mol. The van der Waals surface area contributed by atoms with Crippen LogP contribution >= 0.6 is 0 Å². The molecule has 2 heterocycles. The molecule has 1 aromatic heterocycles. The fourth-order valence-corrected chi connectivity index (χ4v) is 4.91. The number of piperidine rings is 1. The molecular formula is C17H23N5O4S. The Kier molecular flexibility index (Phi) is 5.47. The van der Waals surface area contributed by atoms with Crippen LogP contribution in [0.3, 0.4) is 0 Å². The summed E-state index contributed by atoms with van der Waals surface area (Å²) in [4.78, 5) is 12.6. The Morgan fingerprint density at radius 1 is 1.30 bits per heavy atom. The fourth-order valence-electron chi connectivity index (χ4n) is 3.23. The van der Waals surface area contributed by atoms with Crippen molar-refractivity contribution >= 4 is 21.9 Å². The number of hydrogen-bond donors (Lipinski definition) is 2. The van der Waals surface area contributed by atoms with Crippen molar-refractivity contribution in [2.75, 3.05) is 18.8 Å². The number of nitrogens with zero attached hydrogens (tertiary/aromatic N) is 3. The van der Waals surface area contributed by atoms with Gasteiger partial charge in [-0.2, -0.15) is 4.31 Å². The Labute approximate surface area is 158 Å². The van der Waals surface area contributed by atoms with E-state index in [2.05, 4.69) is 15.5 Å². The lowest BCUT2D eigenvalue weighted by molar-refractivity contribution is -0.126. The van der Waals surface area contributed by atoms with Crippen molar-refractivity contribution in [3.05, 3.63) is 35.2 Å². The summed E-state index contributed by atoms with van der Waals surface area (Å²) >= 11 is 0. The normalized spacial score (nSPS) is 16.4. The van der Waals surface area contributed by atoms with Crippen LogP contribution in [0.15, 0.2) is 27.5 Å². The highest BCUT2D eigenvalue weighted by atomic mass is 32.2. The molecule has 1 amide bonds. The van der Waals surface area contributed by atoms with E-state index in [0.717, 1.165) is 11.1 Å². The molecule has 27 heavy (non-hydrogen) atoms. The quantitative estimate of drug-likeness (QED) is 0.774. The van der Waals surface area contributed by atoms with Crippen LogP contribution in [0.4, 0.5) is 6.01 Å². The Bertz CT molecular complexity index is 933. The molecule has 0 aliphatic carbocycles. The molecule has 2 aromatic rings. The van der Waals surface area contributed by atoms with Crippen molar-refractivity contribution in [3.8, 4) is 0 Å². The second kappa shape index (κ2) is 7.65. The lowest BCUT2D eigenvalue weighted by Gasteiger charge is -2.30. The SMILES string of the molecule is Cc1ccc(S(=O)(=O)N2CCC(C(=O)NCc3nnc(N)o3)CC2)c(C)c1.